The SMILES string of the molecule is COc1ccc(Cl)cc1N(CC(=O)N(Cc1ccc(Cl)cc1)[C@@H](Cc1ccccc1)C(=O)NC(C)(C)C)S(=O)(=O)c1ccc(C)c([N+](=O)[O-])c1. The Labute approximate surface area is 302 Å². The molecule has 0 aromatic heterocycles. The van der Waals surface area contributed by atoms with E-state index in [1.54, 1.807) is 24.3 Å². The van der Waals surface area contributed by atoms with Gasteiger partial charge in [0.1, 0.15) is 18.3 Å². The summed E-state index contributed by atoms with van der Waals surface area (Å²) >= 11 is 12.5. The minimum atomic E-state index is -4.69. The summed E-state index contributed by atoms with van der Waals surface area (Å²) in [6.07, 6.45) is 0.111. The highest BCUT2D eigenvalue weighted by Crippen LogP contribution is 2.36. The number of nitrogens with one attached hydrogen (secondary N) is 1. The Morgan fingerprint density at radius 1 is 0.920 bits per heavy atom. The van der Waals surface area contributed by atoms with E-state index in [1.165, 1.54) is 49.3 Å². The van der Waals surface area contributed by atoms with E-state index in [9.17, 15) is 28.1 Å². The van der Waals surface area contributed by atoms with E-state index in [4.69, 9.17) is 27.9 Å². The maximum atomic E-state index is 14.7. The summed E-state index contributed by atoms with van der Waals surface area (Å²) in [6, 6.07) is 22.5. The first-order chi connectivity index (χ1) is 23.5. The molecule has 0 aliphatic rings. The molecular formula is C36H38Cl2N4O7S. The number of halogens is 2. The van der Waals surface area contributed by atoms with Crippen LogP contribution in [0, 0.1) is 17.0 Å². The van der Waals surface area contributed by atoms with E-state index in [2.05, 4.69) is 5.32 Å². The van der Waals surface area contributed by atoms with Gasteiger partial charge in [-0.3, -0.25) is 24.0 Å². The van der Waals surface area contributed by atoms with Crippen molar-refractivity contribution in [3.8, 4) is 5.75 Å². The van der Waals surface area contributed by atoms with Crippen molar-refractivity contribution >= 4 is 56.4 Å². The minimum Gasteiger partial charge on any atom is -0.495 e. The van der Waals surface area contributed by atoms with Crippen LogP contribution in [-0.2, 0) is 32.6 Å². The molecule has 50 heavy (non-hydrogen) atoms. The first kappa shape index (κ1) is 38.2. The topological polar surface area (TPSA) is 139 Å². The molecule has 14 heteroatoms. The lowest BCUT2D eigenvalue weighted by Gasteiger charge is -2.35. The summed E-state index contributed by atoms with van der Waals surface area (Å²) in [4.78, 5) is 40.8. The van der Waals surface area contributed by atoms with Crippen molar-refractivity contribution < 1.29 is 27.7 Å². The van der Waals surface area contributed by atoms with Crippen molar-refractivity contribution in [3.63, 3.8) is 0 Å². The number of nitro benzene ring substituents is 1. The zero-order valence-electron chi connectivity index (χ0n) is 28.2. The first-order valence-corrected chi connectivity index (χ1v) is 17.7. The second kappa shape index (κ2) is 15.9. The molecule has 264 valence electrons. The monoisotopic (exact) mass is 740 g/mol. The van der Waals surface area contributed by atoms with Crippen LogP contribution in [0.3, 0.4) is 0 Å². The quantitative estimate of drug-likeness (QED) is 0.115. The fraction of sp³-hybridized carbons (Fsp3) is 0.278. The fourth-order valence-electron chi connectivity index (χ4n) is 5.24. The molecule has 1 atom stereocenters. The number of anilines is 1. The van der Waals surface area contributed by atoms with Gasteiger partial charge in [0.25, 0.3) is 15.7 Å². The number of amides is 2. The van der Waals surface area contributed by atoms with Gasteiger partial charge in [0.15, 0.2) is 0 Å². The smallest absolute Gasteiger partial charge is 0.273 e. The first-order valence-electron chi connectivity index (χ1n) is 15.5. The molecule has 2 amide bonds. The number of hydrogen-bond donors (Lipinski definition) is 1. The molecule has 0 heterocycles. The number of hydrogen-bond acceptors (Lipinski definition) is 7. The Bertz CT molecular complexity index is 1970. The number of benzene rings is 4. The molecular weight excluding hydrogens is 703 g/mol. The molecule has 0 unspecified atom stereocenters. The summed E-state index contributed by atoms with van der Waals surface area (Å²) in [7, 11) is -3.36. The van der Waals surface area contributed by atoms with E-state index in [1.807, 2.05) is 51.1 Å². The van der Waals surface area contributed by atoms with Crippen molar-refractivity contribution in [2.45, 2.75) is 57.1 Å². The Balaban J connectivity index is 1.90. The van der Waals surface area contributed by atoms with Crippen LogP contribution in [0.15, 0.2) is 95.9 Å². The largest absolute Gasteiger partial charge is 0.495 e. The Hall–Kier alpha value is -4.65. The summed E-state index contributed by atoms with van der Waals surface area (Å²) in [5.41, 5.74) is 0.490. The van der Waals surface area contributed by atoms with Gasteiger partial charge in [-0.25, -0.2) is 8.42 Å². The Kier molecular flexibility index (Phi) is 12.2. The molecule has 0 fully saturated rings. The van der Waals surface area contributed by atoms with Crippen LogP contribution in [0.5, 0.6) is 5.75 Å². The molecule has 0 aliphatic heterocycles. The summed E-state index contributed by atoms with van der Waals surface area (Å²) in [5, 5.41) is 15.4. The van der Waals surface area contributed by atoms with Crippen molar-refractivity contribution in [3.05, 3.63) is 128 Å². The number of rotatable bonds is 13. The molecule has 0 radical (unpaired) electrons. The zero-order chi connectivity index (χ0) is 36.8. The van der Waals surface area contributed by atoms with Crippen LogP contribution in [0.2, 0.25) is 10.0 Å². The average Bonchev–Trinajstić information content (AvgIpc) is 3.05. The van der Waals surface area contributed by atoms with Gasteiger partial charge in [0.05, 0.1) is 22.6 Å². The predicted molar refractivity (Wildman–Crippen MR) is 194 cm³/mol. The Morgan fingerprint density at radius 2 is 1.56 bits per heavy atom. The molecule has 4 aromatic rings. The third-order valence-electron chi connectivity index (χ3n) is 7.69. The van der Waals surface area contributed by atoms with Crippen LogP contribution in [-0.4, -0.2) is 55.3 Å². The van der Waals surface area contributed by atoms with Crippen molar-refractivity contribution in [2.75, 3.05) is 18.0 Å². The third kappa shape index (κ3) is 9.52. The number of carbonyl (C=O) groups excluding carboxylic acids is 2. The molecule has 0 saturated carbocycles. The number of carbonyl (C=O) groups is 2. The van der Waals surface area contributed by atoms with Gasteiger partial charge < -0.3 is 15.0 Å². The van der Waals surface area contributed by atoms with E-state index in [-0.39, 0.29) is 35.0 Å². The summed E-state index contributed by atoms with van der Waals surface area (Å²) in [5.74, 6) is -1.12. The minimum absolute atomic E-state index is 0.0722. The summed E-state index contributed by atoms with van der Waals surface area (Å²) in [6.45, 7) is 6.03. The van der Waals surface area contributed by atoms with Crippen LogP contribution in [0.4, 0.5) is 11.4 Å². The van der Waals surface area contributed by atoms with Gasteiger partial charge >= 0.3 is 0 Å². The highest BCUT2D eigenvalue weighted by molar-refractivity contribution is 7.92. The van der Waals surface area contributed by atoms with Crippen molar-refractivity contribution in [1.82, 2.24) is 10.2 Å². The van der Waals surface area contributed by atoms with Gasteiger partial charge in [0, 0.05) is 40.2 Å². The lowest BCUT2D eigenvalue weighted by atomic mass is 10.0. The van der Waals surface area contributed by atoms with Crippen molar-refractivity contribution in [2.24, 2.45) is 0 Å². The van der Waals surface area contributed by atoms with E-state index in [0.29, 0.717) is 10.6 Å². The number of methoxy groups -OCH3 is 1. The average molecular weight is 742 g/mol. The highest BCUT2D eigenvalue weighted by atomic mass is 35.5. The number of nitro groups is 1. The number of ether oxygens (including phenoxy) is 1. The van der Waals surface area contributed by atoms with Gasteiger partial charge in [-0.15, -0.1) is 0 Å². The van der Waals surface area contributed by atoms with Crippen LogP contribution in [0.25, 0.3) is 0 Å². The van der Waals surface area contributed by atoms with E-state index < -0.39 is 55.5 Å². The second-order valence-corrected chi connectivity index (χ2v) is 15.4. The zero-order valence-corrected chi connectivity index (χ0v) is 30.6. The van der Waals surface area contributed by atoms with E-state index >= 15 is 0 Å². The molecule has 0 spiro atoms. The van der Waals surface area contributed by atoms with E-state index in [0.717, 1.165) is 15.9 Å². The summed E-state index contributed by atoms with van der Waals surface area (Å²) < 4.78 is 35.2. The van der Waals surface area contributed by atoms with Gasteiger partial charge in [0.2, 0.25) is 11.8 Å². The van der Waals surface area contributed by atoms with Gasteiger partial charge in [-0.2, -0.15) is 0 Å². The predicted octanol–water partition coefficient (Wildman–Crippen LogP) is 6.97. The molecule has 0 aliphatic carbocycles. The second-order valence-electron chi connectivity index (χ2n) is 12.6. The lowest BCUT2D eigenvalue weighted by molar-refractivity contribution is -0.385. The molecule has 0 saturated heterocycles. The van der Waals surface area contributed by atoms with Crippen molar-refractivity contribution in [1.29, 1.82) is 0 Å². The number of aryl methyl sites for hydroxylation is 1. The van der Waals surface area contributed by atoms with Gasteiger partial charge in [-0.1, -0.05) is 71.7 Å². The van der Waals surface area contributed by atoms with Crippen LogP contribution < -0.4 is 14.4 Å². The molecule has 1 N–H and O–H groups in total. The van der Waals surface area contributed by atoms with Crippen LogP contribution >= 0.6 is 23.2 Å². The maximum absolute atomic E-state index is 14.7. The molecule has 0 bridgehead atoms. The lowest BCUT2D eigenvalue weighted by Crippen LogP contribution is -2.56. The maximum Gasteiger partial charge on any atom is 0.273 e. The number of nitrogens with zero attached hydrogens (tertiary/aromatic N) is 3. The van der Waals surface area contributed by atoms with Gasteiger partial charge in [-0.05, 0) is 75.2 Å². The standard InChI is InChI=1S/C36H38Cl2N4O7S/c1-24-11-17-29(21-30(24)42(45)46)50(47,48)41(31-20-28(38)16-18-33(31)49-5)23-34(43)40(22-26-12-14-27(37)15-13-26)32(35(44)39-36(2,3)4)19-25-9-7-6-8-10-25/h6-18,20-21,32H,19,22-23H2,1-5H3,(H,39,44)/t32-/m0/s1. The Morgan fingerprint density at radius 3 is 2.16 bits per heavy atom. The normalized spacial score (nSPS) is 12.1. The molecule has 11 nitrogen and oxygen atoms in total. The molecule has 4 rings (SSSR count). The molecule has 4 aromatic carbocycles. The number of sulfonamides is 1. The fourth-order valence-corrected chi connectivity index (χ4v) is 6.97. The van der Waals surface area contributed by atoms with Crippen LogP contribution in [0.1, 0.15) is 37.5 Å². The highest BCUT2D eigenvalue weighted by Gasteiger charge is 2.37. The third-order valence-corrected chi connectivity index (χ3v) is 9.93.